The zero-order chi connectivity index (χ0) is 14.7. The molecule has 1 unspecified atom stereocenters. The van der Waals surface area contributed by atoms with Crippen molar-refractivity contribution in [3.05, 3.63) is 35.2 Å². The molecule has 0 aliphatic carbocycles. The Morgan fingerprint density at radius 2 is 2.29 bits per heavy atom. The Labute approximate surface area is 130 Å². The lowest BCUT2D eigenvalue weighted by atomic mass is 10.1. The van der Waals surface area contributed by atoms with Gasteiger partial charge in [0.15, 0.2) is 0 Å². The molecule has 3 nitrogen and oxygen atoms in total. The average molecular weight is 302 g/mol. The number of carbonyl (C=O) groups excluding carboxylic acids is 1. The lowest BCUT2D eigenvalue weighted by molar-refractivity contribution is -0.134. The number of rotatable bonds is 4. The molecule has 21 heavy (non-hydrogen) atoms. The zero-order valence-electron chi connectivity index (χ0n) is 12.5. The molecular weight excluding hydrogens is 280 g/mol. The van der Waals surface area contributed by atoms with Crippen LogP contribution in [-0.2, 0) is 11.2 Å². The van der Waals surface area contributed by atoms with Crippen LogP contribution in [0.2, 0.25) is 0 Å². The summed E-state index contributed by atoms with van der Waals surface area (Å²) < 4.78 is 1.34. The quantitative estimate of drug-likeness (QED) is 0.941. The van der Waals surface area contributed by atoms with Gasteiger partial charge in [-0.15, -0.1) is 11.3 Å². The lowest BCUT2D eigenvalue weighted by Crippen LogP contribution is -2.52. The van der Waals surface area contributed by atoms with Crippen LogP contribution in [-0.4, -0.2) is 36.5 Å². The highest BCUT2D eigenvalue weighted by Gasteiger charge is 2.22. The van der Waals surface area contributed by atoms with Gasteiger partial charge in [-0.2, -0.15) is 0 Å². The van der Waals surface area contributed by atoms with Gasteiger partial charge in [0.05, 0.1) is 0 Å². The molecule has 4 heteroatoms. The number of aryl methyl sites for hydroxylation is 1. The highest BCUT2D eigenvalue weighted by atomic mass is 32.1. The maximum absolute atomic E-state index is 12.3. The summed E-state index contributed by atoms with van der Waals surface area (Å²) in [7, 11) is 0. The Bertz CT molecular complexity index is 622. The van der Waals surface area contributed by atoms with Crippen LogP contribution < -0.4 is 5.32 Å². The summed E-state index contributed by atoms with van der Waals surface area (Å²) in [5, 5.41) is 6.92. The molecule has 2 heterocycles. The van der Waals surface area contributed by atoms with Crippen molar-refractivity contribution in [3.8, 4) is 0 Å². The van der Waals surface area contributed by atoms with Crippen molar-refractivity contribution in [1.82, 2.24) is 10.2 Å². The zero-order valence-corrected chi connectivity index (χ0v) is 13.3. The lowest BCUT2D eigenvalue weighted by Gasteiger charge is -2.34. The van der Waals surface area contributed by atoms with Gasteiger partial charge < -0.3 is 10.2 Å². The Hall–Kier alpha value is -1.39. The normalized spacial score (nSPS) is 19.1. The predicted molar refractivity (Wildman–Crippen MR) is 88.8 cm³/mol. The number of carbonyl (C=O) groups is 1. The minimum atomic E-state index is 0.309. The van der Waals surface area contributed by atoms with E-state index in [1.807, 2.05) is 4.90 Å². The summed E-state index contributed by atoms with van der Waals surface area (Å²) in [5.74, 6) is 0.309. The number of fused-ring (bicyclic) bond motifs is 1. The maximum Gasteiger partial charge on any atom is 0.222 e. The van der Waals surface area contributed by atoms with Crippen molar-refractivity contribution in [2.24, 2.45) is 0 Å². The number of piperazine rings is 1. The monoisotopic (exact) mass is 302 g/mol. The van der Waals surface area contributed by atoms with Crippen molar-refractivity contribution in [1.29, 1.82) is 0 Å². The van der Waals surface area contributed by atoms with E-state index in [1.54, 1.807) is 11.3 Å². The fourth-order valence-electron chi connectivity index (χ4n) is 3.01. The van der Waals surface area contributed by atoms with Crippen LogP contribution in [0.25, 0.3) is 10.1 Å². The molecule has 0 saturated carbocycles. The molecule has 1 N–H and O–H groups in total. The Balaban J connectivity index is 1.55. The third kappa shape index (κ3) is 3.27. The average Bonchev–Trinajstić information content (AvgIpc) is 2.91. The molecule has 0 radical (unpaired) electrons. The first kappa shape index (κ1) is 14.5. The van der Waals surface area contributed by atoms with Gasteiger partial charge in [0.25, 0.3) is 0 Å². The second-order valence-corrected chi connectivity index (χ2v) is 6.66. The number of thiophene rings is 1. The van der Waals surface area contributed by atoms with Gasteiger partial charge >= 0.3 is 0 Å². The molecule has 0 spiro atoms. The molecule has 1 saturated heterocycles. The van der Waals surface area contributed by atoms with Crippen molar-refractivity contribution in [3.63, 3.8) is 0 Å². The first-order valence-electron chi connectivity index (χ1n) is 7.71. The van der Waals surface area contributed by atoms with Crippen LogP contribution in [0.3, 0.4) is 0 Å². The van der Waals surface area contributed by atoms with Crippen molar-refractivity contribution in [2.45, 2.75) is 32.2 Å². The van der Waals surface area contributed by atoms with E-state index in [-0.39, 0.29) is 0 Å². The molecule has 1 amide bonds. The predicted octanol–water partition coefficient (Wildman–Crippen LogP) is 3.04. The van der Waals surface area contributed by atoms with Crippen LogP contribution in [0, 0.1) is 0 Å². The Morgan fingerprint density at radius 1 is 1.43 bits per heavy atom. The van der Waals surface area contributed by atoms with E-state index >= 15 is 0 Å². The largest absolute Gasteiger partial charge is 0.337 e. The smallest absolute Gasteiger partial charge is 0.222 e. The summed E-state index contributed by atoms with van der Waals surface area (Å²) in [5.41, 5.74) is 1.39. The number of benzene rings is 1. The molecule has 1 aliphatic heterocycles. The molecule has 3 rings (SSSR count). The number of nitrogens with zero attached hydrogens (tertiary/aromatic N) is 1. The highest BCUT2D eigenvalue weighted by molar-refractivity contribution is 7.17. The van der Waals surface area contributed by atoms with Crippen LogP contribution in [0.4, 0.5) is 0 Å². The topological polar surface area (TPSA) is 32.3 Å². The summed E-state index contributed by atoms with van der Waals surface area (Å²) in [6, 6.07) is 8.84. The third-order valence-electron chi connectivity index (χ3n) is 4.22. The van der Waals surface area contributed by atoms with E-state index in [1.165, 1.54) is 15.6 Å². The van der Waals surface area contributed by atoms with Crippen LogP contribution in [0.1, 0.15) is 25.3 Å². The third-order valence-corrected chi connectivity index (χ3v) is 5.23. The molecule has 1 aliphatic rings. The van der Waals surface area contributed by atoms with E-state index in [9.17, 15) is 4.79 Å². The van der Waals surface area contributed by atoms with E-state index in [0.29, 0.717) is 18.4 Å². The van der Waals surface area contributed by atoms with Crippen LogP contribution >= 0.6 is 11.3 Å². The second-order valence-electron chi connectivity index (χ2n) is 5.75. The van der Waals surface area contributed by atoms with Gasteiger partial charge in [-0.05, 0) is 42.2 Å². The van der Waals surface area contributed by atoms with Gasteiger partial charge in [0.1, 0.15) is 0 Å². The number of nitrogens with one attached hydrogen (secondary N) is 1. The SMILES string of the molecule is CC1CNCCN1C(=O)CCCc1csc2ccccc12. The number of hydrogen-bond acceptors (Lipinski definition) is 3. The fraction of sp³-hybridized carbons (Fsp3) is 0.471. The van der Waals surface area contributed by atoms with Gasteiger partial charge in [0, 0.05) is 36.8 Å². The summed E-state index contributed by atoms with van der Waals surface area (Å²) in [4.78, 5) is 14.3. The van der Waals surface area contributed by atoms with Crippen molar-refractivity contribution >= 4 is 27.3 Å². The number of hydrogen-bond donors (Lipinski definition) is 1. The Kier molecular flexibility index (Phi) is 4.56. The van der Waals surface area contributed by atoms with Gasteiger partial charge in [0.2, 0.25) is 5.91 Å². The maximum atomic E-state index is 12.3. The molecule has 112 valence electrons. The van der Waals surface area contributed by atoms with Crippen molar-refractivity contribution < 1.29 is 4.79 Å². The highest BCUT2D eigenvalue weighted by Crippen LogP contribution is 2.26. The molecule has 0 bridgehead atoms. The summed E-state index contributed by atoms with van der Waals surface area (Å²) in [6.07, 6.45) is 2.60. The standard InChI is InChI=1S/C17H22N2OS/c1-13-11-18-9-10-19(13)17(20)8-4-5-14-12-21-16-7-3-2-6-15(14)16/h2-3,6-7,12-13,18H,4-5,8-11H2,1H3. The summed E-state index contributed by atoms with van der Waals surface area (Å²) in [6.45, 7) is 4.81. The van der Waals surface area contributed by atoms with E-state index < -0.39 is 0 Å². The minimum absolute atomic E-state index is 0.309. The molecule has 2 aromatic rings. The van der Waals surface area contributed by atoms with Crippen molar-refractivity contribution in [2.75, 3.05) is 19.6 Å². The van der Waals surface area contributed by atoms with E-state index in [0.717, 1.165) is 32.5 Å². The van der Waals surface area contributed by atoms with Gasteiger partial charge in [-0.1, -0.05) is 18.2 Å². The first-order chi connectivity index (χ1) is 10.3. The fourth-order valence-corrected chi connectivity index (χ4v) is 4.01. The van der Waals surface area contributed by atoms with E-state index in [4.69, 9.17) is 0 Å². The minimum Gasteiger partial charge on any atom is -0.337 e. The number of amides is 1. The van der Waals surface area contributed by atoms with E-state index in [2.05, 4.69) is 41.9 Å². The molecule has 1 atom stereocenters. The molecule has 1 aromatic carbocycles. The summed E-state index contributed by atoms with van der Waals surface area (Å²) >= 11 is 1.80. The first-order valence-corrected chi connectivity index (χ1v) is 8.59. The molecular formula is C17H22N2OS. The Morgan fingerprint density at radius 3 is 3.14 bits per heavy atom. The van der Waals surface area contributed by atoms with Crippen LogP contribution in [0.15, 0.2) is 29.6 Å². The molecule has 1 fully saturated rings. The second kappa shape index (κ2) is 6.58. The van der Waals surface area contributed by atoms with Gasteiger partial charge in [-0.3, -0.25) is 4.79 Å². The molecule has 1 aromatic heterocycles. The van der Waals surface area contributed by atoms with Crippen LogP contribution in [0.5, 0.6) is 0 Å². The van der Waals surface area contributed by atoms with Gasteiger partial charge in [-0.25, -0.2) is 0 Å².